The lowest BCUT2D eigenvalue weighted by Crippen LogP contribution is -2.29. The summed E-state index contributed by atoms with van der Waals surface area (Å²) in [4.78, 5) is 9.51. The summed E-state index contributed by atoms with van der Waals surface area (Å²) in [6.07, 6.45) is 8.43. The van der Waals surface area contributed by atoms with Crippen LogP contribution in [0.25, 0.3) is 23.1 Å². The minimum absolute atomic E-state index is 0.356. The molecule has 0 saturated heterocycles. The van der Waals surface area contributed by atoms with E-state index in [1.54, 1.807) is 7.11 Å². The van der Waals surface area contributed by atoms with E-state index in [0.29, 0.717) is 17.8 Å². The van der Waals surface area contributed by atoms with E-state index in [1.807, 2.05) is 54.6 Å². The Morgan fingerprint density at radius 2 is 1.83 bits per heavy atom. The molecule has 1 aliphatic rings. The summed E-state index contributed by atoms with van der Waals surface area (Å²) in [5, 5.41) is 5.25. The zero-order valence-electron chi connectivity index (χ0n) is 17.1. The molecule has 1 saturated carbocycles. The van der Waals surface area contributed by atoms with Gasteiger partial charge in [-0.15, -0.1) is 0 Å². The monoisotopic (exact) mass is 422 g/mol. The van der Waals surface area contributed by atoms with Gasteiger partial charge in [-0.3, -0.25) is 0 Å². The standard InChI is InChI=1S/C24H27ClN4O/c1-30-20-11-12-22-21(14-20)24(27-15-17-4-9-19(26)10-5-17)29-23(28-22)13-6-16-2-7-18(25)8-3-16/h2-3,6-8,11-14,17,19H,4-5,9-10,15,26H2,1H3,(H,27,28,29)/b13-6-. The molecule has 0 unspecified atom stereocenters. The second kappa shape index (κ2) is 9.45. The van der Waals surface area contributed by atoms with Crippen molar-refractivity contribution < 1.29 is 4.74 Å². The summed E-state index contributed by atoms with van der Waals surface area (Å²) in [6, 6.07) is 13.9. The molecule has 5 nitrogen and oxygen atoms in total. The van der Waals surface area contributed by atoms with E-state index in [4.69, 9.17) is 32.0 Å². The van der Waals surface area contributed by atoms with Crippen LogP contribution in [0.4, 0.5) is 5.82 Å². The first-order chi connectivity index (χ1) is 14.6. The van der Waals surface area contributed by atoms with E-state index in [0.717, 1.165) is 65.3 Å². The largest absolute Gasteiger partial charge is 0.497 e. The average Bonchev–Trinajstić information content (AvgIpc) is 2.78. The molecule has 1 aromatic heterocycles. The van der Waals surface area contributed by atoms with Crippen molar-refractivity contribution in [2.24, 2.45) is 11.7 Å². The highest BCUT2D eigenvalue weighted by atomic mass is 35.5. The van der Waals surface area contributed by atoms with Gasteiger partial charge in [0.05, 0.1) is 12.6 Å². The molecule has 0 amide bonds. The molecule has 3 aromatic rings. The number of hydrogen-bond donors (Lipinski definition) is 2. The van der Waals surface area contributed by atoms with Gasteiger partial charge < -0.3 is 15.8 Å². The quantitative estimate of drug-likeness (QED) is 0.557. The number of aromatic nitrogens is 2. The molecule has 30 heavy (non-hydrogen) atoms. The van der Waals surface area contributed by atoms with Gasteiger partial charge in [0.1, 0.15) is 11.6 Å². The molecule has 3 N–H and O–H groups in total. The Bertz CT molecular complexity index is 1030. The van der Waals surface area contributed by atoms with Gasteiger partial charge in [0.2, 0.25) is 0 Å². The lowest BCUT2D eigenvalue weighted by Gasteiger charge is -2.26. The zero-order chi connectivity index (χ0) is 20.9. The van der Waals surface area contributed by atoms with Crippen LogP contribution >= 0.6 is 11.6 Å². The van der Waals surface area contributed by atoms with Crippen LogP contribution in [0.3, 0.4) is 0 Å². The number of ether oxygens (including phenoxy) is 1. The fourth-order valence-electron chi connectivity index (χ4n) is 3.84. The Balaban J connectivity index is 1.60. The van der Waals surface area contributed by atoms with Crippen LogP contribution in [-0.2, 0) is 0 Å². The smallest absolute Gasteiger partial charge is 0.154 e. The van der Waals surface area contributed by atoms with Gasteiger partial charge in [0.15, 0.2) is 5.82 Å². The fourth-order valence-corrected chi connectivity index (χ4v) is 3.97. The molecule has 2 aromatic carbocycles. The fraction of sp³-hybridized carbons (Fsp3) is 0.333. The van der Waals surface area contributed by atoms with Crippen LogP contribution in [0.5, 0.6) is 5.75 Å². The topological polar surface area (TPSA) is 73.1 Å². The Morgan fingerprint density at radius 3 is 2.57 bits per heavy atom. The molecule has 1 aliphatic carbocycles. The molecule has 0 spiro atoms. The van der Waals surface area contributed by atoms with Gasteiger partial charge >= 0.3 is 0 Å². The zero-order valence-corrected chi connectivity index (χ0v) is 17.9. The molecular formula is C24H27ClN4O. The third-order valence-corrected chi connectivity index (χ3v) is 5.92. The van der Waals surface area contributed by atoms with E-state index < -0.39 is 0 Å². The van der Waals surface area contributed by atoms with Crippen LogP contribution in [-0.4, -0.2) is 29.7 Å². The minimum atomic E-state index is 0.356. The SMILES string of the molecule is COc1ccc2nc(/C=C\c3ccc(Cl)cc3)nc(NCC3CCC(N)CC3)c2c1. The Kier molecular flexibility index (Phi) is 6.50. The van der Waals surface area contributed by atoms with Crippen molar-refractivity contribution in [1.82, 2.24) is 9.97 Å². The molecule has 0 bridgehead atoms. The number of nitrogens with two attached hydrogens (primary N) is 1. The maximum atomic E-state index is 6.05. The Morgan fingerprint density at radius 1 is 1.07 bits per heavy atom. The van der Waals surface area contributed by atoms with Gasteiger partial charge in [0, 0.05) is 23.0 Å². The molecule has 6 heteroatoms. The van der Waals surface area contributed by atoms with Crippen LogP contribution in [0.2, 0.25) is 5.02 Å². The molecule has 4 rings (SSSR count). The number of rotatable bonds is 6. The number of anilines is 1. The second-order valence-electron chi connectivity index (χ2n) is 7.86. The highest BCUT2D eigenvalue weighted by Gasteiger charge is 2.19. The van der Waals surface area contributed by atoms with Crippen LogP contribution in [0.15, 0.2) is 42.5 Å². The summed E-state index contributed by atoms with van der Waals surface area (Å²) in [5.74, 6) is 2.91. The van der Waals surface area contributed by atoms with Gasteiger partial charge in [-0.05, 0) is 73.6 Å². The first-order valence-electron chi connectivity index (χ1n) is 10.4. The van der Waals surface area contributed by atoms with Crippen molar-refractivity contribution in [3.8, 4) is 5.75 Å². The van der Waals surface area contributed by atoms with Crippen molar-refractivity contribution in [3.63, 3.8) is 0 Å². The van der Waals surface area contributed by atoms with Crippen LogP contribution < -0.4 is 15.8 Å². The third-order valence-electron chi connectivity index (χ3n) is 5.66. The van der Waals surface area contributed by atoms with E-state index in [9.17, 15) is 0 Å². The van der Waals surface area contributed by atoms with Crippen molar-refractivity contribution in [1.29, 1.82) is 0 Å². The number of hydrogen-bond acceptors (Lipinski definition) is 5. The van der Waals surface area contributed by atoms with Gasteiger partial charge in [-0.1, -0.05) is 29.8 Å². The maximum Gasteiger partial charge on any atom is 0.154 e. The number of methoxy groups -OCH3 is 1. The molecule has 1 heterocycles. The first kappa shape index (κ1) is 20.6. The van der Waals surface area contributed by atoms with E-state index in [1.165, 1.54) is 0 Å². The first-order valence-corrected chi connectivity index (χ1v) is 10.8. The number of benzene rings is 2. The van der Waals surface area contributed by atoms with Crippen LogP contribution in [0, 0.1) is 5.92 Å². The number of nitrogens with one attached hydrogen (secondary N) is 1. The maximum absolute atomic E-state index is 6.05. The van der Waals surface area contributed by atoms with Crippen molar-refractivity contribution in [2.45, 2.75) is 31.7 Å². The molecule has 0 aliphatic heterocycles. The number of fused-ring (bicyclic) bond motifs is 1. The predicted octanol–water partition coefficient (Wildman–Crippen LogP) is 5.39. The third kappa shape index (κ3) is 5.10. The summed E-state index contributed by atoms with van der Waals surface area (Å²) in [5.41, 5.74) is 7.98. The second-order valence-corrected chi connectivity index (χ2v) is 8.30. The molecule has 156 valence electrons. The molecule has 0 radical (unpaired) electrons. The van der Waals surface area contributed by atoms with Crippen molar-refractivity contribution in [3.05, 3.63) is 58.9 Å². The van der Waals surface area contributed by atoms with Gasteiger partial charge in [-0.25, -0.2) is 9.97 Å². The van der Waals surface area contributed by atoms with E-state index >= 15 is 0 Å². The Labute approximate surface area is 182 Å². The average molecular weight is 423 g/mol. The summed E-state index contributed by atoms with van der Waals surface area (Å²) >= 11 is 5.97. The van der Waals surface area contributed by atoms with E-state index in [-0.39, 0.29) is 0 Å². The summed E-state index contributed by atoms with van der Waals surface area (Å²) in [6.45, 7) is 0.885. The molecule has 0 atom stereocenters. The van der Waals surface area contributed by atoms with Crippen molar-refractivity contribution >= 4 is 40.5 Å². The van der Waals surface area contributed by atoms with Gasteiger partial charge in [-0.2, -0.15) is 0 Å². The number of nitrogens with zero attached hydrogens (tertiary/aromatic N) is 2. The number of halogens is 1. The summed E-state index contributed by atoms with van der Waals surface area (Å²) in [7, 11) is 1.67. The predicted molar refractivity (Wildman–Crippen MR) is 125 cm³/mol. The van der Waals surface area contributed by atoms with Gasteiger partial charge in [0.25, 0.3) is 0 Å². The minimum Gasteiger partial charge on any atom is -0.497 e. The highest BCUT2D eigenvalue weighted by Crippen LogP contribution is 2.28. The lowest BCUT2D eigenvalue weighted by atomic mass is 9.86. The molecular weight excluding hydrogens is 396 g/mol. The van der Waals surface area contributed by atoms with E-state index in [2.05, 4.69) is 5.32 Å². The lowest BCUT2D eigenvalue weighted by molar-refractivity contribution is 0.338. The Hall–Kier alpha value is -2.63. The molecule has 1 fully saturated rings. The van der Waals surface area contributed by atoms with Crippen LogP contribution in [0.1, 0.15) is 37.1 Å². The normalized spacial score (nSPS) is 19.3. The highest BCUT2D eigenvalue weighted by molar-refractivity contribution is 6.30. The van der Waals surface area contributed by atoms with Crippen molar-refractivity contribution in [2.75, 3.05) is 19.0 Å². The summed E-state index contributed by atoms with van der Waals surface area (Å²) < 4.78 is 5.41.